The van der Waals surface area contributed by atoms with Crippen LogP contribution in [-0.4, -0.2) is 34.0 Å². The Kier molecular flexibility index (Phi) is 2.58. The van der Waals surface area contributed by atoms with Crippen molar-refractivity contribution in [1.82, 2.24) is 0 Å². The van der Waals surface area contributed by atoms with Crippen LogP contribution in [-0.2, 0) is 9.59 Å². The number of fused-ring (bicyclic) bond motifs is 1. The zero-order chi connectivity index (χ0) is 14.1. The molecule has 2 N–H and O–H groups in total. The van der Waals surface area contributed by atoms with E-state index in [-0.39, 0.29) is 34.9 Å². The lowest BCUT2D eigenvalue weighted by Gasteiger charge is -2.36. The lowest BCUT2D eigenvalue weighted by molar-refractivity contribution is -0.140. The first kappa shape index (κ1) is 13.0. The Bertz CT molecular complexity index is 506. The Balaban J connectivity index is 2.28. The summed E-state index contributed by atoms with van der Waals surface area (Å²) < 4.78 is 0. The van der Waals surface area contributed by atoms with E-state index in [1.165, 1.54) is 0 Å². The fraction of sp³-hybridized carbons (Fsp3) is 0.733. The molecule has 0 aromatic heterocycles. The average Bonchev–Trinajstić information content (AvgIpc) is 2.79. The number of aliphatic hydroxyl groups is 2. The second-order valence-electron chi connectivity index (χ2n) is 6.45. The minimum Gasteiger partial charge on any atom is -0.390 e. The fourth-order valence-electron chi connectivity index (χ4n) is 4.69. The molecule has 6 unspecified atom stereocenters. The van der Waals surface area contributed by atoms with E-state index in [0.29, 0.717) is 5.57 Å². The van der Waals surface area contributed by atoms with E-state index in [9.17, 15) is 19.8 Å². The number of Topliss-reactive ketones (excluding diaryl/α,β-unsaturated/α-hetero) is 2. The molecule has 19 heavy (non-hydrogen) atoms. The second kappa shape index (κ2) is 3.76. The lowest BCUT2D eigenvalue weighted by Crippen LogP contribution is -2.46. The highest BCUT2D eigenvalue weighted by atomic mass is 16.3. The number of hydrogen-bond donors (Lipinski definition) is 2. The van der Waals surface area contributed by atoms with Gasteiger partial charge in [0.15, 0.2) is 11.6 Å². The van der Waals surface area contributed by atoms with Gasteiger partial charge in [0.05, 0.1) is 6.10 Å². The first-order chi connectivity index (χ1) is 8.85. The number of allylic oxidation sites excluding steroid dienone is 1. The van der Waals surface area contributed by atoms with Crippen LogP contribution in [0.4, 0.5) is 0 Å². The zero-order valence-electron chi connectivity index (χ0n) is 11.5. The molecule has 0 saturated heterocycles. The highest BCUT2D eigenvalue weighted by Gasteiger charge is 2.67. The van der Waals surface area contributed by atoms with E-state index in [0.717, 1.165) is 12.8 Å². The highest BCUT2D eigenvalue weighted by molar-refractivity contribution is 6.28. The van der Waals surface area contributed by atoms with Gasteiger partial charge in [-0.25, -0.2) is 0 Å². The summed E-state index contributed by atoms with van der Waals surface area (Å²) in [4.78, 5) is 25.5. The SMILES string of the molecule is CC1=C2C(=O)C3(C1=O)C(C)CCC3C(C)C(O)C2O. The van der Waals surface area contributed by atoms with Crippen LogP contribution in [0.5, 0.6) is 0 Å². The summed E-state index contributed by atoms with van der Waals surface area (Å²) in [6.07, 6.45) is -0.581. The van der Waals surface area contributed by atoms with Gasteiger partial charge in [-0.05, 0) is 37.5 Å². The minimum atomic E-state index is -1.22. The Morgan fingerprint density at radius 3 is 2.37 bits per heavy atom. The fourth-order valence-corrected chi connectivity index (χ4v) is 4.69. The molecule has 4 heteroatoms. The van der Waals surface area contributed by atoms with Gasteiger partial charge in [0.1, 0.15) is 11.5 Å². The standard InChI is InChI=1S/C15H20O4/c1-6-4-5-9-7(2)11(16)12(17)10-8(3)13(18)15(6,9)14(10)19/h6-7,9,11-12,16-17H,4-5H2,1-3H3. The molecule has 3 aliphatic rings. The molecule has 104 valence electrons. The van der Waals surface area contributed by atoms with Crippen molar-refractivity contribution in [1.29, 1.82) is 0 Å². The number of hydrogen-bond acceptors (Lipinski definition) is 4. The van der Waals surface area contributed by atoms with Crippen molar-refractivity contribution >= 4 is 11.6 Å². The van der Waals surface area contributed by atoms with E-state index >= 15 is 0 Å². The highest BCUT2D eigenvalue weighted by Crippen LogP contribution is 2.60. The number of carbonyl (C=O) groups excluding carboxylic acids is 2. The van der Waals surface area contributed by atoms with Gasteiger partial charge in [0.25, 0.3) is 0 Å². The van der Waals surface area contributed by atoms with Crippen LogP contribution in [0.1, 0.15) is 33.6 Å². The van der Waals surface area contributed by atoms with Crippen LogP contribution in [0.2, 0.25) is 0 Å². The van der Waals surface area contributed by atoms with Gasteiger partial charge in [0.2, 0.25) is 0 Å². The Morgan fingerprint density at radius 1 is 1.11 bits per heavy atom. The maximum atomic E-state index is 12.8. The molecule has 0 aromatic rings. The molecule has 3 rings (SSSR count). The summed E-state index contributed by atoms with van der Waals surface area (Å²) in [5.74, 6) is -0.730. The second-order valence-corrected chi connectivity index (χ2v) is 6.45. The Morgan fingerprint density at radius 2 is 1.74 bits per heavy atom. The van der Waals surface area contributed by atoms with E-state index in [2.05, 4.69) is 0 Å². The molecule has 2 saturated carbocycles. The molecule has 0 amide bonds. The van der Waals surface area contributed by atoms with Gasteiger partial charge in [-0.3, -0.25) is 9.59 Å². The Hall–Kier alpha value is -1.00. The summed E-state index contributed by atoms with van der Waals surface area (Å²) in [5, 5.41) is 20.5. The maximum absolute atomic E-state index is 12.8. The molecule has 2 bridgehead atoms. The molecular formula is C15H20O4. The van der Waals surface area contributed by atoms with Gasteiger partial charge in [-0.15, -0.1) is 0 Å². The van der Waals surface area contributed by atoms with Crippen molar-refractivity contribution < 1.29 is 19.8 Å². The lowest BCUT2D eigenvalue weighted by atomic mass is 9.65. The summed E-state index contributed by atoms with van der Waals surface area (Å²) in [6, 6.07) is 0. The van der Waals surface area contributed by atoms with Crippen LogP contribution in [0, 0.1) is 23.2 Å². The third kappa shape index (κ3) is 1.22. The van der Waals surface area contributed by atoms with E-state index in [1.54, 1.807) is 6.92 Å². The number of rotatable bonds is 0. The normalized spacial score (nSPS) is 49.6. The summed E-state index contributed by atoms with van der Waals surface area (Å²) in [5.41, 5.74) is -0.472. The van der Waals surface area contributed by atoms with Crippen molar-refractivity contribution in [3.63, 3.8) is 0 Å². The minimum absolute atomic E-state index is 0.00935. The molecule has 0 aromatic carbocycles. The summed E-state index contributed by atoms with van der Waals surface area (Å²) in [7, 11) is 0. The van der Waals surface area contributed by atoms with Gasteiger partial charge in [-0.1, -0.05) is 13.8 Å². The smallest absolute Gasteiger partial charge is 0.176 e. The predicted octanol–water partition coefficient (Wildman–Crippen LogP) is 0.859. The number of carbonyl (C=O) groups is 2. The van der Waals surface area contributed by atoms with Crippen molar-refractivity contribution in [3.05, 3.63) is 11.1 Å². The van der Waals surface area contributed by atoms with E-state index in [1.807, 2.05) is 13.8 Å². The van der Waals surface area contributed by atoms with Crippen LogP contribution in [0.25, 0.3) is 0 Å². The van der Waals surface area contributed by atoms with Crippen molar-refractivity contribution in [3.8, 4) is 0 Å². The molecule has 2 fully saturated rings. The Labute approximate surface area is 112 Å². The third-order valence-corrected chi connectivity index (χ3v) is 5.81. The number of ketones is 2. The maximum Gasteiger partial charge on any atom is 0.176 e. The molecule has 1 spiro atoms. The van der Waals surface area contributed by atoms with Gasteiger partial charge >= 0.3 is 0 Å². The zero-order valence-corrected chi connectivity index (χ0v) is 11.5. The van der Waals surface area contributed by atoms with Crippen molar-refractivity contribution in [2.75, 3.05) is 0 Å². The molecule has 3 aliphatic carbocycles. The average molecular weight is 264 g/mol. The van der Waals surface area contributed by atoms with Gasteiger partial charge < -0.3 is 10.2 Å². The van der Waals surface area contributed by atoms with Gasteiger partial charge in [-0.2, -0.15) is 0 Å². The predicted molar refractivity (Wildman–Crippen MR) is 68.2 cm³/mol. The van der Waals surface area contributed by atoms with Crippen molar-refractivity contribution in [2.24, 2.45) is 23.2 Å². The molecule has 6 atom stereocenters. The first-order valence-corrected chi connectivity index (χ1v) is 7.01. The van der Waals surface area contributed by atoms with Crippen LogP contribution < -0.4 is 0 Å². The van der Waals surface area contributed by atoms with E-state index < -0.39 is 17.6 Å². The third-order valence-electron chi connectivity index (χ3n) is 5.81. The van der Waals surface area contributed by atoms with Crippen molar-refractivity contribution in [2.45, 2.75) is 45.8 Å². The first-order valence-electron chi connectivity index (χ1n) is 7.01. The molecule has 0 aliphatic heterocycles. The monoisotopic (exact) mass is 264 g/mol. The summed E-state index contributed by atoms with van der Waals surface area (Å²) in [6.45, 7) is 5.40. The van der Waals surface area contributed by atoms with Crippen LogP contribution in [0.15, 0.2) is 11.1 Å². The largest absolute Gasteiger partial charge is 0.390 e. The number of aliphatic hydroxyl groups excluding tert-OH is 2. The molecule has 0 heterocycles. The molecular weight excluding hydrogens is 244 g/mol. The molecule has 4 nitrogen and oxygen atoms in total. The van der Waals surface area contributed by atoms with Crippen LogP contribution in [0.3, 0.4) is 0 Å². The quantitative estimate of drug-likeness (QED) is 0.636. The van der Waals surface area contributed by atoms with Gasteiger partial charge in [0, 0.05) is 11.1 Å². The van der Waals surface area contributed by atoms with Crippen LogP contribution >= 0.6 is 0 Å². The topological polar surface area (TPSA) is 74.6 Å². The summed E-state index contributed by atoms with van der Waals surface area (Å²) >= 11 is 0. The molecule has 0 radical (unpaired) electrons. The van der Waals surface area contributed by atoms with E-state index in [4.69, 9.17) is 0 Å².